The van der Waals surface area contributed by atoms with Crippen molar-refractivity contribution in [2.24, 2.45) is 0 Å². The van der Waals surface area contributed by atoms with E-state index < -0.39 is 0 Å². The van der Waals surface area contributed by atoms with Crippen molar-refractivity contribution in [3.63, 3.8) is 0 Å². The number of alkyl halides is 1. The standard InChI is InChI=1S/C3H5IO/c1-3(5)2-4/h5H,1-2H2/p-1. The predicted molar refractivity (Wildman–Crippen MR) is 28.0 cm³/mol. The maximum Gasteiger partial charge on any atom is 0.00991 e. The Morgan fingerprint density at radius 3 is 2.20 bits per heavy atom. The van der Waals surface area contributed by atoms with Crippen molar-refractivity contribution in [1.82, 2.24) is 0 Å². The molecule has 0 atom stereocenters. The highest BCUT2D eigenvalue weighted by molar-refractivity contribution is 14.1. The molecule has 0 bridgehead atoms. The molecule has 0 radical (unpaired) electrons. The highest BCUT2D eigenvalue weighted by Gasteiger charge is 1.59. The molecule has 0 N–H and O–H groups in total. The quantitative estimate of drug-likeness (QED) is 0.325. The zero-order valence-electron chi connectivity index (χ0n) is 2.70. The molecular weight excluding hydrogens is 179 g/mol. The lowest BCUT2D eigenvalue weighted by atomic mass is 10.7. The van der Waals surface area contributed by atoms with Crippen molar-refractivity contribution >= 4 is 22.6 Å². The zero-order valence-corrected chi connectivity index (χ0v) is 4.86. The van der Waals surface area contributed by atoms with Gasteiger partial charge in [0.05, 0.1) is 0 Å². The van der Waals surface area contributed by atoms with Gasteiger partial charge in [-0.1, -0.05) is 22.6 Å². The highest BCUT2D eigenvalue weighted by Crippen LogP contribution is 1.83. The van der Waals surface area contributed by atoms with Gasteiger partial charge in [0.25, 0.3) is 0 Å². The molecule has 0 fully saturated rings. The van der Waals surface area contributed by atoms with Crippen molar-refractivity contribution in [3.8, 4) is 0 Å². The monoisotopic (exact) mass is 183 g/mol. The Bertz CT molecular complexity index is 42.2. The molecule has 0 spiro atoms. The average molecular weight is 183 g/mol. The van der Waals surface area contributed by atoms with E-state index in [1.165, 1.54) is 0 Å². The maximum absolute atomic E-state index is 9.69. The van der Waals surface area contributed by atoms with Gasteiger partial charge in [-0.25, -0.2) is 0 Å². The highest BCUT2D eigenvalue weighted by atomic mass is 127. The summed E-state index contributed by atoms with van der Waals surface area (Å²) < 4.78 is 0.526. The third kappa shape index (κ3) is 4.27. The Morgan fingerprint density at radius 1 is 2.00 bits per heavy atom. The summed E-state index contributed by atoms with van der Waals surface area (Å²) in [6, 6.07) is 0. The Hall–Kier alpha value is 0.270. The fourth-order valence-corrected chi connectivity index (χ4v) is 0. The van der Waals surface area contributed by atoms with Crippen LogP contribution in [0.1, 0.15) is 0 Å². The largest absolute Gasteiger partial charge is 0.875 e. The van der Waals surface area contributed by atoms with Gasteiger partial charge in [-0.2, -0.15) is 0 Å². The van der Waals surface area contributed by atoms with Crippen LogP contribution in [0.15, 0.2) is 12.3 Å². The SMILES string of the molecule is C=C([O-])CI. The Balaban J connectivity index is 2.85. The molecule has 1 nitrogen and oxygen atoms in total. The number of allylic oxidation sites excluding steroid dienone is 1. The first kappa shape index (κ1) is 5.27. The summed E-state index contributed by atoms with van der Waals surface area (Å²) >= 11 is 1.97. The van der Waals surface area contributed by atoms with Gasteiger partial charge in [-0.05, 0) is 0 Å². The third-order valence-electron chi connectivity index (χ3n) is 0.149. The number of hydrogen-bond acceptors (Lipinski definition) is 1. The van der Waals surface area contributed by atoms with Crippen molar-refractivity contribution in [2.45, 2.75) is 0 Å². The van der Waals surface area contributed by atoms with Crippen LogP contribution in [0.4, 0.5) is 0 Å². The summed E-state index contributed by atoms with van der Waals surface area (Å²) in [4.78, 5) is 0. The second-order valence-corrected chi connectivity index (χ2v) is 1.44. The fourth-order valence-electron chi connectivity index (χ4n) is 0. The first-order valence-electron chi connectivity index (χ1n) is 1.18. The molecule has 0 saturated carbocycles. The molecule has 0 aromatic heterocycles. The molecule has 2 heteroatoms. The van der Waals surface area contributed by atoms with E-state index >= 15 is 0 Å². The molecule has 0 aliphatic carbocycles. The first-order chi connectivity index (χ1) is 2.27. The minimum Gasteiger partial charge on any atom is -0.875 e. The normalized spacial score (nSPS) is 7.40. The molecule has 5 heavy (non-hydrogen) atoms. The molecule has 30 valence electrons. The minimum absolute atomic E-state index is 0.00870. The summed E-state index contributed by atoms with van der Waals surface area (Å²) in [7, 11) is 0. The van der Waals surface area contributed by atoms with Gasteiger partial charge in [-0.3, -0.25) is 0 Å². The molecule has 0 aromatic rings. The van der Waals surface area contributed by atoms with E-state index in [4.69, 9.17) is 0 Å². The first-order valence-corrected chi connectivity index (χ1v) is 2.70. The zero-order chi connectivity index (χ0) is 4.28. The summed E-state index contributed by atoms with van der Waals surface area (Å²) in [5.41, 5.74) is 0. The van der Waals surface area contributed by atoms with Crippen LogP contribution in [0.5, 0.6) is 0 Å². The molecule has 0 unspecified atom stereocenters. The molecule has 0 rings (SSSR count). The van der Waals surface area contributed by atoms with Gasteiger partial charge in [0.15, 0.2) is 0 Å². The Kier molecular flexibility index (Phi) is 2.64. The molecular formula is C3H4IO-. The third-order valence-corrected chi connectivity index (χ3v) is 1.000. The maximum atomic E-state index is 9.69. The summed E-state index contributed by atoms with van der Waals surface area (Å²) in [6.45, 7) is 3.11. The molecule has 0 aliphatic heterocycles. The summed E-state index contributed by atoms with van der Waals surface area (Å²) in [5.74, 6) is -0.00870. The van der Waals surface area contributed by atoms with Crippen LogP contribution in [0.3, 0.4) is 0 Å². The predicted octanol–water partition coefficient (Wildman–Crippen LogP) is 0.295. The molecule has 0 heterocycles. The van der Waals surface area contributed by atoms with Crippen LogP contribution < -0.4 is 5.11 Å². The van der Waals surface area contributed by atoms with E-state index in [0.717, 1.165) is 0 Å². The van der Waals surface area contributed by atoms with Gasteiger partial charge in [0.2, 0.25) is 0 Å². The summed E-state index contributed by atoms with van der Waals surface area (Å²) in [6.07, 6.45) is 0. The van der Waals surface area contributed by atoms with Gasteiger partial charge in [0.1, 0.15) is 0 Å². The van der Waals surface area contributed by atoms with E-state index in [2.05, 4.69) is 6.58 Å². The van der Waals surface area contributed by atoms with Crippen molar-refractivity contribution in [1.29, 1.82) is 0 Å². The van der Waals surface area contributed by atoms with E-state index in [9.17, 15) is 5.11 Å². The van der Waals surface area contributed by atoms with Crippen molar-refractivity contribution in [3.05, 3.63) is 12.3 Å². The van der Waals surface area contributed by atoms with Crippen LogP contribution in [0, 0.1) is 0 Å². The fraction of sp³-hybridized carbons (Fsp3) is 0.333. The second-order valence-electron chi connectivity index (χ2n) is 0.672. The second kappa shape index (κ2) is 2.50. The molecule has 0 aliphatic rings. The molecule has 0 aromatic carbocycles. The molecule has 0 amide bonds. The lowest BCUT2D eigenvalue weighted by molar-refractivity contribution is -0.299. The van der Waals surface area contributed by atoms with Gasteiger partial charge in [-0.15, -0.1) is 12.3 Å². The van der Waals surface area contributed by atoms with E-state index in [-0.39, 0.29) is 5.76 Å². The lowest BCUT2D eigenvalue weighted by Crippen LogP contribution is -2.00. The Morgan fingerprint density at radius 2 is 2.20 bits per heavy atom. The number of halogens is 1. The van der Waals surface area contributed by atoms with Crippen LogP contribution >= 0.6 is 22.6 Å². The van der Waals surface area contributed by atoms with Crippen LogP contribution in [-0.2, 0) is 0 Å². The Labute approximate surface area is 44.8 Å². The smallest absolute Gasteiger partial charge is 0.00991 e. The van der Waals surface area contributed by atoms with E-state index in [1.807, 2.05) is 22.6 Å². The van der Waals surface area contributed by atoms with Crippen LogP contribution in [0.25, 0.3) is 0 Å². The van der Waals surface area contributed by atoms with E-state index in [1.54, 1.807) is 0 Å². The topological polar surface area (TPSA) is 23.1 Å². The van der Waals surface area contributed by atoms with Gasteiger partial charge in [0, 0.05) is 4.43 Å². The van der Waals surface area contributed by atoms with Crippen LogP contribution in [-0.4, -0.2) is 4.43 Å². The van der Waals surface area contributed by atoms with Gasteiger partial charge < -0.3 is 5.11 Å². The van der Waals surface area contributed by atoms with Gasteiger partial charge >= 0.3 is 0 Å². The molecule has 0 saturated heterocycles. The number of rotatable bonds is 1. The number of hydrogen-bond donors (Lipinski definition) is 0. The minimum atomic E-state index is -0.00870. The van der Waals surface area contributed by atoms with E-state index in [0.29, 0.717) is 4.43 Å². The van der Waals surface area contributed by atoms with Crippen molar-refractivity contribution < 1.29 is 5.11 Å². The average Bonchev–Trinajstić information content (AvgIpc) is 1.38. The summed E-state index contributed by atoms with van der Waals surface area (Å²) in [5, 5.41) is 9.69. The lowest BCUT2D eigenvalue weighted by Gasteiger charge is -1.98. The van der Waals surface area contributed by atoms with Crippen LogP contribution in [0.2, 0.25) is 0 Å². The van der Waals surface area contributed by atoms with Crippen molar-refractivity contribution in [2.75, 3.05) is 4.43 Å².